The molecular formula is C21H28N2O2. The topological polar surface area (TPSA) is 41.6 Å². The normalized spacial score (nSPS) is 36.6. The van der Waals surface area contributed by atoms with Crippen molar-refractivity contribution in [3.8, 4) is 0 Å². The second kappa shape index (κ2) is 5.82. The quantitative estimate of drug-likeness (QED) is 0.896. The molecule has 1 amide bonds. The molecule has 4 atom stereocenters. The lowest BCUT2D eigenvalue weighted by atomic mass is 9.73. The van der Waals surface area contributed by atoms with Crippen molar-refractivity contribution in [2.75, 3.05) is 26.2 Å². The molecule has 2 bridgehead atoms. The summed E-state index contributed by atoms with van der Waals surface area (Å²) in [5.41, 5.74) is 2.03. The van der Waals surface area contributed by atoms with E-state index in [1.165, 1.54) is 37.8 Å². The highest BCUT2D eigenvalue weighted by molar-refractivity contribution is 5.94. The van der Waals surface area contributed by atoms with Crippen molar-refractivity contribution in [2.45, 2.75) is 44.3 Å². The van der Waals surface area contributed by atoms with Crippen molar-refractivity contribution >= 4 is 5.91 Å². The van der Waals surface area contributed by atoms with E-state index >= 15 is 0 Å². The number of hydrogen-bond donors (Lipinski definition) is 1. The Hall–Kier alpha value is -1.39. The van der Waals surface area contributed by atoms with Gasteiger partial charge >= 0.3 is 0 Å². The Kier molecular flexibility index (Phi) is 3.68. The first-order valence-corrected chi connectivity index (χ1v) is 9.88. The molecule has 5 rings (SSSR count). The van der Waals surface area contributed by atoms with Crippen LogP contribution < -0.4 is 5.32 Å². The molecule has 4 fully saturated rings. The number of likely N-dealkylation sites (tertiary alicyclic amines) is 1. The van der Waals surface area contributed by atoms with Crippen molar-refractivity contribution in [2.24, 2.45) is 17.8 Å². The molecule has 0 unspecified atom stereocenters. The molecule has 3 aliphatic heterocycles. The van der Waals surface area contributed by atoms with Crippen LogP contribution in [0.1, 0.15) is 41.6 Å². The summed E-state index contributed by atoms with van der Waals surface area (Å²) in [4.78, 5) is 15.1. The molecule has 1 aromatic carbocycles. The molecule has 4 nitrogen and oxygen atoms in total. The summed E-state index contributed by atoms with van der Waals surface area (Å²) in [7, 11) is 0. The van der Waals surface area contributed by atoms with Crippen LogP contribution in [-0.4, -0.2) is 48.7 Å². The average molecular weight is 340 g/mol. The summed E-state index contributed by atoms with van der Waals surface area (Å²) in [5, 5.41) is 3.19. The number of rotatable bonds is 5. The molecule has 4 aliphatic rings. The number of fused-ring (bicyclic) bond motifs is 1. The minimum atomic E-state index is 0.0460. The molecule has 0 aromatic heterocycles. The number of ether oxygens (including phenoxy) is 1. The maximum atomic E-state index is 12.5. The summed E-state index contributed by atoms with van der Waals surface area (Å²) in [6, 6.07) is 7.82. The van der Waals surface area contributed by atoms with Crippen LogP contribution in [0.4, 0.5) is 0 Å². The maximum Gasteiger partial charge on any atom is 0.251 e. The zero-order chi connectivity index (χ0) is 17.0. The van der Waals surface area contributed by atoms with Crippen LogP contribution in [0.3, 0.4) is 0 Å². The number of aryl methyl sites for hydroxylation is 1. The second-order valence-corrected chi connectivity index (χ2v) is 8.74. The van der Waals surface area contributed by atoms with E-state index in [0.717, 1.165) is 31.1 Å². The molecule has 1 N–H and O–H groups in total. The van der Waals surface area contributed by atoms with Gasteiger partial charge in [-0.05, 0) is 50.7 Å². The van der Waals surface area contributed by atoms with E-state index in [0.29, 0.717) is 17.9 Å². The Morgan fingerprint density at radius 2 is 2.08 bits per heavy atom. The lowest BCUT2D eigenvalue weighted by Crippen LogP contribution is -2.41. The number of carbonyl (C=O) groups excluding carboxylic acids is 1. The molecule has 1 aliphatic carbocycles. The van der Waals surface area contributed by atoms with Gasteiger partial charge in [-0.3, -0.25) is 9.69 Å². The fraction of sp³-hybridized carbons (Fsp3) is 0.667. The first-order valence-electron chi connectivity index (χ1n) is 9.88. The number of amides is 1. The standard InChI is InChI=1S/C21H28N2O2/c1-14-2-6-16(7-3-14)20(24)22-10-17-18-12-23(11-15-4-5-15)13-21(18)9-8-19(17)25-21/h2-3,6-7,15,17-19H,4-5,8-13H2,1H3,(H,22,24)/t17-,18+,19+,21+/m0/s1. The lowest BCUT2D eigenvalue weighted by molar-refractivity contribution is 0.00244. The molecule has 0 radical (unpaired) electrons. The fourth-order valence-electron chi connectivity index (χ4n) is 5.38. The van der Waals surface area contributed by atoms with Gasteiger partial charge in [0, 0.05) is 43.6 Å². The molecule has 3 heterocycles. The van der Waals surface area contributed by atoms with Crippen molar-refractivity contribution in [3.05, 3.63) is 35.4 Å². The van der Waals surface area contributed by atoms with Crippen molar-refractivity contribution in [1.82, 2.24) is 10.2 Å². The average Bonchev–Trinajstić information content (AvgIpc) is 3.10. The minimum Gasteiger partial charge on any atom is -0.370 e. The van der Waals surface area contributed by atoms with Gasteiger partial charge in [0.15, 0.2) is 0 Å². The predicted molar refractivity (Wildman–Crippen MR) is 96.5 cm³/mol. The monoisotopic (exact) mass is 340 g/mol. The molecule has 1 aromatic rings. The van der Waals surface area contributed by atoms with Crippen LogP contribution in [0.2, 0.25) is 0 Å². The Bertz CT molecular complexity index is 669. The molecule has 1 saturated carbocycles. The maximum absolute atomic E-state index is 12.5. The Morgan fingerprint density at radius 3 is 2.84 bits per heavy atom. The van der Waals surface area contributed by atoms with Crippen LogP contribution in [0.25, 0.3) is 0 Å². The highest BCUT2D eigenvalue weighted by Crippen LogP contribution is 2.55. The summed E-state index contributed by atoms with van der Waals surface area (Å²) < 4.78 is 6.49. The van der Waals surface area contributed by atoms with Crippen molar-refractivity contribution in [3.63, 3.8) is 0 Å². The predicted octanol–water partition coefficient (Wildman–Crippen LogP) is 2.61. The molecular weight excluding hydrogens is 312 g/mol. The van der Waals surface area contributed by atoms with Crippen LogP contribution in [-0.2, 0) is 4.74 Å². The van der Waals surface area contributed by atoms with Crippen LogP contribution in [0, 0.1) is 24.7 Å². The smallest absolute Gasteiger partial charge is 0.251 e. The third kappa shape index (κ3) is 2.80. The van der Waals surface area contributed by atoms with Crippen LogP contribution in [0.15, 0.2) is 24.3 Å². The van der Waals surface area contributed by atoms with Crippen LogP contribution >= 0.6 is 0 Å². The number of nitrogens with one attached hydrogen (secondary N) is 1. The van der Waals surface area contributed by atoms with Gasteiger partial charge in [-0.25, -0.2) is 0 Å². The summed E-state index contributed by atoms with van der Waals surface area (Å²) >= 11 is 0. The fourth-order valence-corrected chi connectivity index (χ4v) is 5.38. The van der Waals surface area contributed by atoms with Gasteiger partial charge in [0.2, 0.25) is 0 Å². The van der Waals surface area contributed by atoms with Crippen molar-refractivity contribution in [1.29, 1.82) is 0 Å². The second-order valence-electron chi connectivity index (χ2n) is 8.74. The van der Waals surface area contributed by atoms with E-state index in [1.807, 2.05) is 31.2 Å². The van der Waals surface area contributed by atoms with Gasteiger partial charge in [-0.15, -0.1) is 0 Å². The zero-order valence-electron chi connectivity index (χ0n) is 15.0. The number of benzene rings is 1. The molecule has 3 saturated heterocycles. The van der Waals surface area contributed by atoms with Gasteiger partial charge in [0.1, 0.15) is 0 Å². The van der Waals surface area contributed by atoms with Gasteiger partial charge in [-0.2, -0.15) is 0 Å². The zero-order valence-corrected chi connectivity index (χ0v) is 15.0. The SMILES string of the molecule is Cc1ccc(C(=O)NC[C@H]2[C@H]3CN(CC4CC4)C[C@]34CC[C@H]2O4)cc1. The Morgan fingerprint density at radius 1 is 1.28 bits per heavy atom. The molecule has 134 valence electrons. The van der Waals surface area contributed by atoms with E-state index in [2.05, 4.69) is 10.2 Å². The van der Waals surface area contributed by atoms with E-state index in [-0.39, 0.29) is 11.5 Å². The summed E-state index contributed by atoms with van der Waals surface area (Å²) in [6.07, 6.45) is 5.55. The molecule has 1 spiro atoms. The number of carbonyl (C=O) groups is 1. The number of nitrogens with zero attached hydrogens (tertiary/aromatic N) is 1. The third-order valence-corrected chi connectivity index (χ3v) is 6.88. The first kappa shape index (κ1) is 15.8. The van der Waals surface area contributed by atoms with Gasteiger partial charge < -0.3 is 10.1 Å². The van der Waals surface area contributed by atoms with Crippen molar-refractivity contribution < 1.29 is 9.53 Å². The number of hydrogen-bond acceptors (Lipinski definition) is 3. The van der Waals surface area contributed by atoms with Gasteiger partial charge in [-0.1, -0.05) is 17.7 Å². The highest BCUT2D eigenvalue weighted by atomic mass is 16.5. The summed E-state index contributed by atoms with van der Waals surface area (Å²) in [6.45, 7) is 6.34. The first-order chi connectivity index (χ1) is 12.1. The largest absolute Gasteiger partial charge is 0.370 e. The van der Waals surface area contributed by atoms with Gasteiger partial charge in [0.25, 0.3) is 5.91 Å². The molecule has 25 heavy (non-hydrogen) atoms. The highest BCUT2D eigenvalue weighted by Gasteiger charge is 2.62. The molecule has 4 heteroatoms. The minimum absolute atomic E-state index is 0.0460. The Labute approximate surface area is 149 Å². The van der Waals surface area contributed by atoms with E-state index in [1.54, 1.807) is 0 Å². The van der Waals surface area contributed by atoms with Crippen LogP contribution in [0.5, 0.6) is 0 Å². The summed E-state index contributed by atoms with van der Waals surface area (Å²) in [5.74, 6) is 2.06. The van der Waals surface area contributed by atoms with E-state index in [9.17, 15) is 4.79 Å². The Balaban J connectivity index is 1.23. The van der Waals surface area contributed by atoms with Gasteiger partial charge in [0.05, 0.1) is 11.7 Å². The van der Waals surface area contributed by atoms with E-state index in [4.69, 9.17) is 4.74 Å². The van der Waals surface area contributed by atoms with E-state index < -0.39 is 0 Å². The lowest BCUT2D eigenvalue weighted by Gasteiger charge is -2.29. The third-order valence-electron chi connectivity index (χ3n) is 6.88.